The summed E-state index contributed by atoms with van der Waals surface area (Å²) >= 11 is -2.14. The van der Waals surface area contributed by atoms with E-state index in [1.807, 2.05) is 6.07 Å². The molecule has 4 nitrogen and oxygen atoms in total. The van der Waals surface area contributed by atoms with Gasteiger partial charge >= 0.3 is 0 Å². The smallest absolute Gasteiger partial charge is 0.0635 e. The molecule has 0 bridgehead atoms. The molecular formula is C6H9N2O2S-. The molecule has 1 atom stereocenters. The maximum absolute atomic E-state index is 10.5. The van der Waals surface area contributed by atoms with Crippen LogP contribution in [-0.2, 0) is 11.3 Å². The molecule has 1 aliphatic carbocycles. The van der Waals surface area contributed by atoms with Crippen LogP contribution >= 0.6 is 0 Å². The summed E-state index contributed by atoms with van der Waals surface area (Å²) in [5, 5.41) is 8.22. The van der Waals surface area contributed by atoms with Crippen molar-refractivity contribution in [2.75, 3.05) is 6.54 Å². The standard InChI is InChI=1S/C6H10N2O2S/c7-4-1-5-8(11(9)10)6-2-3-6/h6H,1-3,5H2,(H,9,10)/p-1. The number of hydrogen-bond acceptors (Lipinski definition) is 3. The van der Waals surface area contributed by atoms with E-state index < -0.39 is 11.3 Å². The van der Waals surface area contributed by atoms with Crippen LogP contribution in [-0.4, -0.2) is 25.7 Å². The van der Waals surface area contributed by atoms with Crippen molar-refractivity contribution >= 4 is 11.3 Å². The minimum Gasteiger partial charge on any atom is -0.760 e. The van der Waals surface area contributed by atoms with Crippen LogP contribution in [0.15, 0.2) is 0 Å². The molecule has 0 aromatic carbocycles. The Bertz CT molecular complexity index is 197. The van der Waals surface area contributed by atoms with Gasteiger partial charge in [-0.05, 0) is 12.8 Å². The zero-order valence-electron chi connectivity index (χ0n) is 6.02. The van der Waals surface area contributed by atoms with Crippen molar-refractivity contribution in [2.45, 2.75) is 25.3 Å². The Hall–Kier alpha value is -0.440. The molecule has 1 aliphatic rings. The van der Waals surface area contributed by atoms with E-state index in [9.17, 15) is 8.76 Å². The first-order valence-corrected chi connectivity index (χ1v) is 4.52. The van der Waals surface area contributed by atoms with E-state index in [2.05, 4.69) is 0 Å². The Morgan fingerprint density at radius 1 is 1.73 bits per heavy atom. The molecule has 1 unspecified atom stereocenters. The van der Waals surface area contributed by atoms with Crippen LogP contribution in [0.1, 0.15) is 19.3 Å². The highest BCUT2D eigenvalue weighted by Gasteiger charge is 2.29. The van der Waals surface area contributed by atoms with E-state index in [-0.39, 0.29) is 12.5 Å². The first kappa shape index (κ1) is 8.65. The van der Waals surface area contributed by atoms with Crippen molar-refractivity contribution in [3.05, 3.63) is 0 Å². The molecule has 1 rings (SSSR count). The zero-order chi connectivity index (χ0) is 8.27. The van der Waals surface area contributed by atoms with Gasteiger partial charge in [0.05, 0.1) is 6.07 Å². The van der Waals surface area contributed by atoms with Gasteiger partial charge in [-0.15, -0.1) is 0 Å². The quantitative estimate of drug-likeness (QED) is 0.569. The van der Waals surface area contributed by atoms with Gasteiger partial charge in [0.25, 0.3) is 0 Å². The second-order valence-corrected chi connectivity index (χ2v) is 3.40. The Kier molecular flexibility index (Phi) is 3.00. The van der Waals surface area contributed by atoms with Crippen molar-refractivity contribution in [1.82, 2.24) is 4.31 Å². The van der Waals surface area contributed by atoms with Gasteiger partial charge in [0.15, 0.2) is 0 Å². The number of hydrogen-bond donors (Lipinski definition) is 0. The third-order valence-electron chi connectivity index (χ3n) is 1.59. The summed E-state index contributed by atoms with van der Waals surface area (Å²) in [6, 6.07) is 2.10. The Morgan fingerprint density at radius 3 is 2.73 bits per heavy atom. The number of nitrogens with zero attached hydrogens (tertiary/aromatic N) is 2. The molecule has 62 valence electrons. The lowest BCUT2D eigenvalue weighted by Crippen LogP contribution is -2.28. The van der Waals surface area contributed by atoms with Crippen molar-refractivity contribution in [3.8, 4) is 6.07 Å². The summed E-state index contributed by atoms with van der Waals surface area (Å²) in [5.41, 5.74) is 0. The fraction of sp³-hybridized carbons (Fsp3) is 0.833. The highest BCUT2D eigenvalue weighted by molar-refractivity contribution is 7.76. The van der Waals surface area contributed by atoms with Crippen LogP contribution in [0, 0.1) is 11.3 Å². The van der Waals surface area contributed by atoms with Gasteiger partial charge in [-0.1, -0.05) is 0 Å². The highest BCUT2D eigenvalue weighted by atomic mass is 32.2. The van der Waals surface area contributed by atoms with Crippen LogP contribution in [0.25, 0.3) is 0 Å². The van der Waals surface area contributed by atoms with Crippen LogP contribution in [0.2, 0.25) is 0 Å². The van der Waals surface area contributed by atoms with Crippen LogP contribution in [0.3, 0.4) is 0 Å². The van der Waals surface area contributed by atoms with E-state index in [0.29, 0.717) is 6.54 Å². The van der Waals surface area contributed by atoms with Crippen molar-refractivity contribution in [2.24, 2.45) is 0 Å². The molecule has 0 N–H and O–H groups in total. The average Bonchev–Trinajstić information content (AvgIpc) is 2.71. The predicted molar refractivity (Wildman–Crippen MR) is 38.9 cm³/mol. The monoisotopic (exact) mass is 173 g/mol. The predicted octanol–water partition coefficient (Wildman–Crippen LogP) is 0.159. The van der Waals surface area contributed by atoms with Gasteiger partial charge in [-0.2, -0.15) is 5.26 Å². The minimum absolute atomic E-state index is 0.182. The summed E-state index contributed by atoms with van der Waals surface area (Å²) in [6.07, 6.45) is 2.17. The van der Waals surface area contributed by atoms with Gasteiger partial charge < -0.3 is 4.55 Å². The van der Waals surface area contributed by atoms with Crippen LogP contribution < -0.4 is 0 Å². The summed E-state index contributed by atoms with van der Waals surface area (Å²) < 4.78 is 22.4. The molecule has 0 aromatic rings. The average molecular weight is 173 g/mol. The van der Waals surface area contributed by atoms with Gasteiger partial charge in [0, 0.05) is 30.3 Å². The summed E-state index contributed by atoms with van der Waals surface area (Å²) in [7, 11) is 0. The Labute approximate surface area is 68.2 Å². The molecule has 0 heterocycles. The van der Waals surface area contributed by atoms with Gasteiger partial charge in [-0.25, -0.2) is 4.31 Å². The fourth-order valence-electron chi connectivity index (χ4n) is 0.902. The van der Waals surface area contributed by atoms with Crippen molar-refractivity contribution in [1.29, 1.82) is 5.26 Å². The molecule has 0 spiro atoms. The van der Waals surface area contributed by atoms with Crippen LogP contribution in [0.5, 0.6) is 0 Å². The van der Waals surface area contributed by atoms with E-state index >= 15 is 0 Å². The van der Waals surface area contributed by atoms with E-state index in [1.54, 1.807) is 0 Å². The second-order valence-electron chi connectivity index (χ2n) is 2.50. The summed E-state index contributed by atoms with van der Waals surface area (Å²) in [6.45, 7) is 0.345. The van der Waals surface area contributed by atoms with Crippen molar-refractivity contribution < 1.29 is 8.76 Å². The van der Waals surface area contributed by atoms with Gasteiger partial charge in [0.1, 0.15) is 0 Å². The second kappa shape index (κ2) is 3.81. The molecule has 0 radical (unpaired) electrons. The molecule has 0 saturated heterocycles. The fourth-order valence-corrected chi connectivity index (χ4v) is 1.60. The molecular weight excluding hydrogens is 164 g/mol. The molecule has 5 heteroatoms. The molecule has 0 aliphatic heterocycles. The molecule has 1 fully saturated rings. The van der Waals surface area contributed by atoms with Crippen LogP contribution in [0.4, 0.5) is 0 Å². The largest absolute Gasteiger partial charge is 0.760 e. The normalized spacial score (nSPS) is 19.7. The summed E-state index contributed by atoms with van der Waals surface area (Å²) in [4.78, 5) is 0. The third-order valence-corrected chi connectivity index (χ3v) is 2.45. The van der Waals surface area contributed by atoms with E-state index in [4.69, 9.17) is 5.26 Å². The lowest BCUT2D eigenvalue weighted by Gasteiger charge is -2.22. The maximum Gasteiger partial charge on any atom is 0.0635 e. The number of rotatable bonds is 4. The highest BCUT2D eigenvalue weighted by Crippen LogP contribution is 2.27. The molecule has 11 heavy (non-hydrogen) atoms. The zero-order valence-corrected chi connectivity index (χ0v) is 6.84. The summed E-state index contributed by atoms with van der Waals surface area (Å²) in [5.74, 6) is 0. The Balaban J connectivity index is 2.34. The van der Waals surface area contributed by atoms with E-state index in [0.717, 1.165) is 12.8 Å². The Morgan fingerprint density at radius 2 is 2.36 bits per heavy atom. The lowest BCUT2D eigenvalue weighted by molar-refractivity contribution is 0.386. The SMILES string of the molecule is N#CCCN(C1CC1)S(=O)[O-]. The molecule has 0 amide bonds. The first-order chi connectivity index (χ1) is 5.25. The van der Waals surface area contributed by atoms with E-state index in [1.165, 1.54) is 4.31 Å². The lowest BCUT2D eigenvalue weighted by atomic mass is 10.4. The maximum atomic E-state index is 10.5. The third kappa shape index (κ3) is 2.58. The topological polar surface area (TPSA) is 67.2 Å². The number of nitriles is 1. The first-order valence-electron chi connectivity index (χ1n) is 3.48. The molecule has 1 saturated carbocycles. The van der Waals surface area contributed by atoms with Gasteiger partial charge in [-0.3, -0.25) is 4.21 Å². The minimum atomic E-state index is -2.14. The molecule has 0 aromatic heterocycles. The van der Waals surface area contributed by atoms with Crippen molar-refractivity contribution in [3.63, 3.8) is 0 Å². The van der Waals surface area contributed by atoms with Gasteiger partial charge in [0.2, 0.25) is 0 Å².